The van der Waals surface area contributed by atoms with Crippen LogP contribution in [0.2, 0.25) is 0 Å². The van der Waals surface area contributed by atoms with E-state index >= 15 is 0 Å². The van der Waals surface area contributed by atoms with Crippen molar-refractivity contribution in [3.05, 3.63) is 54.1 Å². The molecule has 0 fully saturated rings. The Labute approximate surface area is 231 Å². The van der Waals surface area contributed by atoms with Crippen LogP contribution < -0.4 is 74.2 Å². The molecule has 4 heterocycles. The zero-order chi connectivity index (χ0) is 21.3. The van der Waals surface area contributed by atoms with Crippen LogP contribution in [-0.4, -0.2) is 35.4 Å². The predicted octanol–water partition coefficient (Wildman–Crippen LogP) is -5.07. The van der Waals surface area contributed by atoms with Crippen LogP contribution in [0.15, 0.2) is 48.4 Å². The molecule has 1 N–H and O–H groups in total. The third-order valence-electron chi connectivity index (χ3n) is 3.92. The fourth-order valence-electron chi connectivity index (χ4n) is 2.70. The molecule has 0 radical (unpaired) electrons. The van der Waals surface area contributed by atoms with E-state index in [1.165, 1.54) is 23.7 Å². The summed E-state index contributed by atoms with van der Waals surface area (Å²) in [5.41, 5.74) is 2.32. The zero-order valence-electron chi connectivity index (χ0n) is 17.5. The van der Waals surface area contributed by atoms with Gasteiger partial charge in [-0.3, -0.25) is 19.1 Å². The molecule has 0 bridgehead atoms. The van der Waals surface area contributed by atoms with Crippen LogP contribution in [0.4, 0.5) is 5.69 Å². The van der Waals surface area contributed by atoms with Gasteiger partial charge in [-0.25, -0.2) is 4.98 Å². The van der Waals surface area contributed by atoms with Crippen molar-refractivity contribution in [2.45, 2.75) is 6.29 Å². The van der Waals surface area contributed by atoms with Gasteiger partial charge in [-0.1, -0.05) is 6.07 Å². The Bertz CT molecular complexity index is 1250. The van der Waals surface area contributed by atoms with Crippen molar-refractivity contribution in [1.29, 1.82) is 0 Å². The summed E-state index contributed by atoms with van der Waals surface area (Å²) in [5, 5.41) is 13.0. The number of pyridine rings is 1. The maximum atomic E-state index is 12.7. The number of amides is 1. The van der Waals surface area contributed by atoms with Crippen molar-refractivity contribution in [3.63, 3.8) is 0 Å². The Morgan fingerprint density at radius 3 is 2.72 bits per heavy atom. The second-order valence-electron chi connectivity index (χ2n) is 6.29. The number of aryl methyl sites for hydroxylation is 1. The van der Waals surface area contributed by atoms with E-state index in [4.69, 9.17) is 0 Å². The number of thiazole rings is 1. The average Bonchev–Trinajstić information content (AvgIpc) is 3.41. The number of carbonyl (C=O) groups excluding carboxylic acids is 1. The van der Waals surface area contributed by atoms with Crippen LogP contribution in [0.5, 0.6) is 0 Å². The van der Waals surface area contributed by atoms with E-state index in [-0.39, 0.29) is 64.8 Å². The molecule has 4 rings (SSSR count). The van der Waals surface area contributed by atoms with Gasteiger partial charge < -0.3 is 19.7 Å². The molecule has 1 amide bonds. The first kappa shape index (κ1) is 27.1. The molecule has 0 spiro atoms. The van der Waals surface area contributed by atoms with Gasteiger partial charge in [0.1, 0.15) is 16.4 Å². The molecule has 0 atom stereocenters. The van der Waals surface area contributed by atoms with E-state index in [9.17, 15) is 19.1 Å². The molecule has 4 aromatic rings. The number of rotatable bonds is 6. The number of aromatic nitrogens is 6. The van der Waals surface area contributed by atoms with E-state index in [1.807, 2.05) is 6.07 Å². The summed E-state index contributed by atoms with van der Waals surface area (Å²) in [6.45, 7) is 0. The Balaban J connectivity index is 0.00000181. The number of nitrogens with zero attached hydrogens (tertiary/aromatic N) is 6. The standard InChI is InChI=1S/C17H16N7O4PS.2Na/c1-23-8-13(15(22-23)12-4-2-3-5-18-12)20-16(25)14-9-30-17(21-14)11-6-19-24(7-11)10-29(26,27)28;;/h2-9H,10H2,1H3,(H,20,25)(H2,26,27,28);;/q;2*+1/p-2. The van der Waals surface area contributed by atoms with E-state index < -0.39 is 19.8 Å². The monoisotopic (exact) mass is 489 g/mol. The van der Waals surface area contributed by atoms with Gasteiger partial charge in [0.2, 0.25) is 0 Å². The maximum Gasteiger partial charge on any atom is 1.00 e. The smallest absolute Gasteiger partial charge is 0.809 e. The van der Waals surface area contributed by atoms with Gasteiger partial charge in [-0.05, 0) is 19.7 Å². The minimum atomic E-state index is -4.74. The average molecular weight is 489 g/mol. The fourth-order valence-corrected chi connectivity index (χ4v) is 3.98. The Kier molecular flexibility index (Phi) is 9.56. The molecule has 15 heteroatoms. The first-order valence-corrected chi connectivity index (χ1v) is 11.1. The molecule has 154 valence electrons. The van der Waals surface area contributed by atoms with E-state index in [0.717, 1.165) is 4.68 Å². The molecule has 0 aliphatic heterocycles. The summed E-state index contributed by atoms with van der Waals surface area (Å²) in [6.07, 6.45) is 5.34. The van der Waals surface area contributed by atoms with Crippen molar-refractivity contribution < 1.29 is 78.3 Å². The van der Waals surface area contributed by atoms with Gasteiger partial charge in [-0.2, -0.15) is 10.2 Å². The van der Waals surface area contributed by atoms with E-state index in [0.29, 0.717) is 27.6 Å². The third kappa shape index (κ3) is 6.67. The number of hydrogen-bond acceptors (Lipinski definition) is 9. The summed E-state index contributed by atoms with van der Waals surface area (Å²) in [4.78, 5) is 43.0. The van der Waals surface area contributed by atoms with Crippen LogP contribution in [0.1, 0.15) is 10.5 Å². The predicted molar refractivity (Wildman–Crippen MR) is 105 cm³/mol. The largest absolute Gasteiger partial charge is 1.00 e. The Morgan fingerprint density at radius 1 is 1.25 bits per heavy atom. The van der Waals surface area contributed by atoms with Crippen LogP contribution in [0.3, 0.4) is 0 Å². The number of anilines is 1. The van der Waals surface area contributed by atoms with Crippen LogP contribution in [-0.2, 0) is 17.9 Å². The van der Waals surface area contributed by atoms with Crippen molar-refractivity contribution in [1.82, 2.24) is 29.5 Å². The molecule has 0 saturated heterocycles. The fraction of sp³-hybridized carbons (Fsp3) is 0.118. The van der Waals surface area contributed by atoms with Crippen LogP contribution in [0, 0.1) is 0 Å². The summed E-state index contributed by atoms with van der Waals surface area (Å²) >= 11 is 1.19. The molecule has 32 heavy (non-hydrogen) atoms. The second kappa shape index (κ2) is 11.3. The van der Waals surface area contributed by atoms with Crippen molar-refractivity contribution >= 4 is 30.5 Å². The minimum Gasteiger partial charge on any atom is -0.809 e. The van der Waals surface area contributed by atoms with Crippen molar-refractivity contribution in [2.75, 3.05) is 5.32 Å². The van der Waals surface area contributed by atoms with Crippen molar-refractivity contribution in [2.24, 2.45) is 7.05 Å². The molecule has 0 aliphatic carbocycles. The summed E-state index contributed by atoms with van der Waals surface area (Å²) in [6, 6.07) is 5.41. The zero-order valence-corrected chi connectivity index (χ0v) is 23.2. The molecule has 4 aromatic heterocycles. The first-order chi connectivity index (χ1) is 14.3. The molecular formula is C17H14N7Na2O4PS. The summed E-state index contributed by atoms with van der Waals surface area (Å²) in [5.74, 6) is -0.432. The second-order valence-corrected chi connectivity index (χ2v) is 8.66. The van der Waals surface area contributed by atoms with Crippen molar-refractivity contribution in [3.8, 4) is 22.0 Å². The molecule has 11 nitrogen and oxygen atoms in total. The van der Waals surface area contributed by atoms with Gasteiger partial charge in [0.05, 0.1) is 23.9 Å². The number of nitrogens with one attached hydrogen (secondary N) is 1. The van der Waals surface area contributed by atoms with E-state index in [2.05, 4.69) is 25.5 Å². The van der Waals surface area contributed by atoms with Gasteiger partial charge in [0, 0.05) is 36.6 Å². The molecule has 0 aliphatic rings. The van der Waals surface area contributed by atoms with E-state index in [1.54, 1.807) is 41.6 Å². The molecular weight excluding hydrogens is 475 g/mol. The summed E-state index contributed by atoms with van der Waals surface area (Å²) in [7, 11) is -3.00. The maximum absolute atomic E-state index is 12.7. The Hall–Kier alpha value is -1.18. The van der Waals surface area contributed by atoms with Crippen LogP contribution >= 0.6 is 18.9 Å². The van der Waals surface area contributed by atoms with Gasteiger partial charge >= 0.3 is 59.1 Å². The Morgan fingerprint density at radius 2 is 2.03 bits per heavy atom. The first-order valence-electron chi connectivity index (χ1n) is 8.54. The topological polar surface area (TPSA) is 154 Å². The molecule has 0 aromatic carbocycles. The molecule has 0 saturated carbocycles. The quantitative estimate of drug-likeness (QED) is 0.209. The van der Waals surface area contributed by atoms with Gasteiger partial charge in [0.25, 0.3) is 5.91 Å². The minimum absolute atomic E-state index is 0. The number of carbonyl (C=O) groups is 1. The normalized spacial score (nSPS) is 10.8. The van der Waals surface area contributed by atoms with Gasteiger partial charge in [-0.15, -0.1) is 11.3 Å². The number of hydrogen-bond donors (Lipinski definition) is 1. The van der Waals surface area contributed by atoms with Crippen LogP contribution in [0.25, 0.3) is 22.0 Å². The SMILES string of the molecule is Cn1cc(NC(=O)c2csc(-c3cnn(CP(=O)([O-])[O-])c3)n2)c(-c2ccccn2)n1.[Na+].[Na+]. The molecule has 0 unspecified atom stereocenters. The summed E-state index contributed by atoms with van der Waals surface area (Å²) < 4.78 is 13.5. The van der Waals surface area contributed by atoms with Gasteiger partial charge in [0.15, 0.2) is 0 Å². The third-order valence-corrected chi connectivity index (χ3v) is 5.45.